The second-order valence-electron chi connectivity index (χ2n) is 8.83. The van der Waals surface area contributed by atoms with Gasteiger partial charge in [0.25, 0.3) is 5.91 Å². The number of halogens is 2. The van der Waals surface area contributed by atoms with E-state index in [1.54, 1.807) is 12.1 Å². The molecule has 2 aromatic carbocycles. The number of carbonyl (C=O) groups excluding carboxylic acids is 1. The number of amides is 1. The average molecular weight is 460 g/mol. The number of rotatable bonds is 7. The zero-order chi connectivity index (χ0) is 23.2. The molecule has 0 radical (unpaired) electrons. The predicted octanol–water partition coefficient (Wildman–Crippen LogP) is 6.03. The van der Waals surface area contributed by atoms with Gasteiger partial charge in [-0.1, -0.05) is 18.2 Å². The summed E-state index contributed by atoms with van der Waals surface area (Å²) < 4.78 is 31.1. The number of hydrogen-bond donors (Lipinski definition) is 1. The number of pyridine rings is 1. The van der Waals surface area contributed by atoms with Crippen LogP contribution in [-0.2, 0) is 0 Å². The molecular weight excluding hydrogens is 438 g/mol. The second-order valence-corrected chi connectivity index (χ2v) is 8.83. The highest BCUT2D eigenvalue weighted by atomic mass is 19.3. The Hall–Kier alpha value is -3.81. The van der Waals surface area contributed by atoms with Crippen LogP contribution < -0.4 is 10.1 Å². The van der Waals surface area contributed by atoms with Crippen LogP contribution in [-0.4, -0.2) is 27.3 Å². The minimum atomic E-state index is -2.90. The molecule has 0 bridgehead atoms. The Labute approximate surface area is 194 Å². The van der Waals surface area contributed by atoms with Crippen molar-refractivity contribution >= 4 is 22.6 Å². The van der Waals surface area contributed by atoms with Crippen molar-refractivity contribution in [1.29, 1.82) is 0 Å². The number of nitrogens with zero attached hydrogens (tertiary/aromatic N) is 3. The highest BCUT2D eigenvalue weighted by Gasteiger charge is 2.34. The van der Waals surface area contributed by atoms with Crippen molar-refractivity contribution in [3.8, 4) is 11.4 Å². The van der Waals surface area contributed by atoms with Gasteiger partial charge in [-0.25, -0.2) is 9.67 Å². The van der Waals surface area contributed by atoms with Gasteiger partial charge in [-0.15, -0.1) is 0 Å². The first kappa shape index (κ1) is 20.8. The quantitative estimate of drug-likeness (QED) is 0.366. The number of para-hydroxylation sites is 1. The maximum atomic E-state index is 13.5. The molecule has 2 fully saturated rings. The number of aromatic nitrogens is 3. The number of fused-ring (bicyclic) bond motifs is 1. The fourth-order valence-corrected chi connectivity index (χ4v) is 4.24. The van der Waals surface area contributed by atoms with E-state index in [0.717, 1.165) is 48.1 Å². The summed E-state index contributed by atoms with van der Waals surface area (Å²) in [6.45, 7) is -2.90. The molecule has 0 saturated heterocycles. The van der Waals surface area contributed by atoms with Gasteiger partial charge in [0.05, 0.1) is 22.3 Å². The van der Waals surface area contributed by atoms with E-state index in [2.05, 4.69) is 10.1 Å². The molecule has 2 aliphatic carbocycles. The predicted molar refractivity (Wildman–Crippen MR) is 124 cm³/mol. The molecule has 0 spiro atoms. The van der Waals surface area contributed by atoms with Crippen LogP contribution in [0.25, 0.3) is 16.7 Å². The van der Waals surface area contributed by atoms with E-state index in [1.807, 2.05) is 41.1 Å². The number of hydrogen-bond acceptors (Lipinski definition) is 4. The molecule has 0 atom stereocenters. The molecule has 4 aromatic rings. The van der Waals surface area contributed by atoms with E-state index >= 15 is 0 Å². The molecule has 172 valence electrons. The van der Waals surface area contributed by atoms with E-state index in [-0.39, 0.29) is 11.7 Å². The van der Waals surface area contributed by atoms with Crippen molar-refractivity contribution in [2.75, 3.05) is 5.32 Å². The third-order valence-corrected chi connectivity index (χ3v) is 6.23. The molecule has 1 amide bonds. The van der Waals surface area contributed by atoms with Crippen LogP contribution in [0.5, 0.6) is 5.75 Å². The first-order chi connectivity index (χ1) is 16.6. The van der Waals surface area contributed by atoms with Gasteiger partial charge < -0.3 is 10.1 Å². The normalized spacial score (nSPS) is 15.6. The average Bonchev–Trinajstić information content (AvgIpc) is 3.77. The number of nitrogens with one attached hydrogen (secondary N) is 1. The maximum Gasteiger partial charge on any atom is 0.387 e. The zero-order valence-electron chi connectivity index (χ0n) is 18.2. The van der Waals surface area contributed by atoms with Crippen LogP contribution >= 0.6 is 0 Å². The van der Waals surface area contributed by atoms with Crippen LogP contribution in [0.2, 0.25) is 0 Å². The summed E-state index contributed by atoms with van der Waals surface area (Å²) in [7, 11) is 0. The summed E-state index contributed by atoms with van der Waals surface area (Å²) in [6.07, 6.45) is 4.19. The Kier molecular flexibility index (Phi) is 5.01. The van der Waals surface area contributed by atoms with Gasteiger partial charge in [0.1, 0.15) is 5.75 Å². The zero-order valence-corrected chi connectivity index (χ0v) is 18.2. The second kappa shape index (κ2) is 8.20. The molecule has 2 saturated carbocycles. The van der Waals surface area contributed by atoms with Gasteiger partial charge in [0, 0.05) is 23.2 Å². The van der Waals surface area contributed by atoms with Crippen molar-refractivity contribution in [2.45, 2.75) is 44.1 Å². The fourth-order valence-electron chi connectivity index (χ4n) is 4.24. The van der Waals surface area contributed by atoms with Crippen molar-refractivity contribution < 1.29 is 18.3 Å². The Bertz CT molecular complexity index is 1360. The fraction of sp³-hybridized carbons (Fsp3) is 0.269. The summed E-state index contributed by atoms with van der Waals surface area (Å²) in [5.74, 6) is 0.436. The van der Waals surface area contributed by atoms with Crippen LogP contribution in [0.4, 0.5) is 14.5 Å². The Balaban J connectivity index is 1.43. The molecule has 8 heteroatoms. The van der Waals surface area contributed by atoms with Crippen LogP contribution in [0.1, 0.15) is 59.3 Å². The Morgan fingerprint density at radius 3 is 2.35 bits per heavy atom. The molecule has 6 nitrogen and oxygen atoms in total. The molecule has 2 aromatic heterocycles. The van der Waals surface area contributed by atoms with Gasteiger partial charge in [-0.05, 0) is 68.1 Å². The van der Waals surface area contributed by atoms with Crippen LogP contribution in [0.15, 0.2) is 60.7 Å². The molecule has 2 heterocycles. The minimum absolute atomic E-state index is 0.0375. The van der Waals surface area contributed by atoms with Crippen molar-refractivity contribution in [2.24, 2.45) is 0 Å². The smallest absolute Gasteiger partial charge is 0.387 e. The molecule has 6 rings (SSSR count). The number of anilines is 1. The largest absolute Gasteiger partial charge is 0.435 e. The van der Waals surface area contributed by atoms with Gasteiger partial charge in [-0.3, -0.25) is 4.79 Å². The lowest BCUT2D eigenvalue weighted by Crippen LogP contribution is -2.14. The highest BCUT2D eigenvalue weighted by molar-refractivity contribution is 6.13. The monoisotopic (exact) mass is 460 g/mol. The van der Waals surface area contributed by atoms with Crippen LogP contribution in [0, 0.1) is 0 Å². The summed E-state index contributed by atoms with van der Waals surface area (Å²) in [5.41, 5.74) is 4.44. The van der Waals surface area contributed by atoms with Crippen molar-refractivity contribution in [1.82, 2.24) is 14.8 Å². The first-order valence-electron chi connectivity index (χ1n) is 11.4. The summed E-state index contributed by atoms with van der Waals surface area (Å²) >= 11 is 0. The third-order valence-electron chi connectivity index (χ3n) is 6.23. The van der Waals surface area contributed by atoms with Crippen molar-refractivity contribution in [3.05, 3.63) is 77.6 Å². The summed E-state index contributed by atoms with van der Waals surface area (Å²) in [4.78, 5) is 18.5. The lowest BCUT2D eigenvalue weighted by atomic mass is 10.0. The lowest BCUT2D eigenvalue weighted by molar-refractivity contribution is -0.0498. The molecule has 0 unspecified atom stereocenters. The van der Waals surface area contributed by atoms with E-state index in [9.17, 15) is 13.6 Å². The standard InChI is InChI=1S/C26H22F2N4O2/c27-26(28)34-19-12-10-17(11-13-19)29-25(33)20-14-21(15-6-7-15)30-24-22(20)23(16-8-9-16)31-32(24)18-4-2-1-3-5-18/h1-5,10-16,26H,6-9H2,(H,29,33). The number of alkyl halides is 2. The summed E-state index contributed by atoms with van der Waals surface area (Å²) in [6, 6.07) is 17.6. The number of benzene rings is 2. The van der Waals surface area contributed by atoms with Crippen LogP contribution in [0.3, 0.4) is 0 Å². The minimum Gasteiger partial charge on any atom is -0.435 e. The van der Waals surface area contributed by atoms with Gasteiger partial charge in [0.2, 0.25) is 0 Å². The first-order valence-corrected chi connectivity index (χ1v) is 11.4. The van der Waals surface area contributed by atoms with Gasteiger partial charge in [0.15, 0.2) is 5.65 Å². The molecule has 0 aliphatic heterocycles. The molecule has 34 heavy (non-hydrogen) atoms. The molecular formula is C26H22F2N4O2. The van der Waals surface area contributed by atoms with E-state index < -0.39 is 6.61 Å². The Morgan fingerprint density at radius 2 is 1.71 bits per heavy atom. The SMILES string of the molecule is O=C(Nc1ccc(OC(F)F)cc1)c1cc(C2CC2)nc2c1c(C1CC1)nn2-c1ccccc1. The number of carbonyl (C=O) groups is 1. The van der Waals surface area contributed by atoms with E-state index in [4.69, 9.17) is 10.1 Å². The molecule has 2 aliphatic rings. The maximum absolute atomic E-state index is 13.5. The van der Waals surface area contributed by atoms with Crippen molar-refractivity contribution in [3.63, 3.8) is 0 Å². The van der Waals surface area contributed by atoms with Gasteiger partial charge >= 0.3 is 6.61 Å². The van der Waals surface area contributed by atoms with E-state index in [1.165, 1.54) is 12.1 Å². The number of ether oxygens (including phenoxy) is 1. The summed E-state index contributed by atoms with van der Waals surface area (Å²) in [5, 5.41) is 8.61. The Morgan fingerprint density at radius 1 is 1.00 bits per heavy atom. The highest BCUT2D eigenvalue weighted by Crippen LogP contribution is 2.45. The topological polar surface area (TPSA) is 69.0 Å². The van der Waals surface area contributed by atoms with E-state index in [0.29, 0.717) is 28.7 Å². The molecule has 1 N–H and O–H groups in total. The van der Waals surface area contributed by atoms with Gasteiger partial charge in [-0.2, -0.15) is 13.9 Å². The third kappa shape index (κ3) is 4.00. The lowest BCUT2D eigenvalue weighted by Gasteiger charge is -2.11.